The molecule has 3 heteroatoms. The number of hydrogen-bond donors (Lipinski definition) is 1. The third-order valence-corrected chi connectivity index (χ3v) is 3.62. The van der Waals surface area contributed by atoms with Crippen LogP contribution in [0.3, 0.4) is 0 Å². The number of benzene rings is 2. The highest BCUT2D eigenvalue weighted by molar-refractivity contribution is 5.43. The summed E-state index contributed by atoms with van der Waals surface area (Å²) in [6, 6.07) is 16.4. The van der Waals surface area contributed by atoms with E-state index in [9.17, 15) is 0 Å². The Morgan fingerprint density at radius 1 is 1.00 bits per heavy atom. The minimum Gasteiger partial charge on any atom is -0.496 e. The van der Waals surface area contributed by atoms with Crippen LogP contribution in [0, 0.1) is 0 Å². The number of nitrogens with two attached hydrogens (primary N) is 1. The number of ether oxygens (including phenoxy) is 2. The first-order valence-corrected chi connectivity index (χ1v) is 7.75. The van der Waals surface area contributed by atoms with Gasteiger partial charge in [0.2, 0.25) is 0 Å². The van der Waals surface area contributed by atoms with Gasteiger partial charge in [-0.05, 0) is 50.6 Å². The van der Waals surface area contributed by atoms with Crippen molar-refractivity contribution in [3.63, 3.8) is 0 Å². The number of methoxy groups -OCH3 is 1. The van der Waals surface area contributed by atoms with Crippen LogP contribution in [0.4, 0.5) is 0 Å². The van der Waals surface area contributed by atoms with Crippen molar-refractivity contribution in [2.24, 2.45) is 5.73 Å². The molecule has 2 N–H and O–H groups in total. The van der Waals surface area contributed by atoms with Gasteiger partial charge in [0.15, 0.2) is 0 Å². The zero-order chi connectivity index (χ0) is 15.9. The van der Waals surface area contributed by atoms with Crippen LogP contribution in [-0.4, -0.2) is 19.8 Å². The lowest BCUT2D eigenvalue weighted by molar-refractivity contribution is 0.242. The standard InChI is InChI=1S/C19H25NO2/c1-14(2)22-16-10-8-15(9-11-16)17(12-13-20)18-6-4-5-7-19(18)21-3/h4-11,14,17H,12-13,20H2,1-3H3. The molecule has 0 aromatic heterocycles. The van der Waals surface area contributed by atoms with Gasteiger partial charge in [-0.15, -0.1) is 0 Å². The van der Waals surface area contributed by atoms with Crippen molar-refractivity contribution in [1.82, 2.24) is 0 Å². The maximum atomic E-state index is 5.83. The fourth-order valence-corrected chi connectivity index (χ4v) is 2.67. The number of hydrogen-bond acceptors (Lipinski definition) is 3. The van der Waals surface area contributed by atoms with E-state index in [1.54, 1.807) is 7.11 Å². The van der Waals surface area contributed by atoms with Gasteiger partial charge in [0.05, 0.1) is 13.2 Å². The largest absolute Gasteiger partial charge is 0.496 e. The summed E-state index contributed by atoms with van der Waals surface area (Å²) in [4.78, 5) is 0. The maximum absolute atomic E-state index is 5.83. The SMILES string of the molecule is COc1ccccc1C(CCN)c1ccc(OC(C)C)cc1. The minimum absolute atomic E-state index is 0.180. The fourth-order valence-electron chi connectivity index (χ4n) is 2.67. The summed E-state index contributed by atoms with van der Waals surface area (Å²) in [5.41, 5.74) is 8.23. The lowest BCUT2D eigenvalue weighted by Gasteiger charge is -2.20. The molecule has 3 nitrogen and oxygen atoms in total. The molecule has 1 atom stereocenters. The van der Waals surface area contributed by atoms with Crippen LogP contribution in [-0.2, 0) is 0 Å². The Balaban J connectivity index is 2.31. The Morgan fingerprint density at radius 2 is 1.68 bits per heavy atom. The summed E-state index contributed by atoms with van der Waals surface area (Å²) >= 11 is 0. The fraction of sp³-hybridized carbons (Fsp3) is 0.368. The minimum atomic E-state index is 0.180. The Labute approximate surface area is 133 Å². The van der Waals surface area contributed by atoms with Gasteiger partial charge < -0.3 is 15.2 Å². The molecule has 0 aliphatic carbocycles. The summed E-state index contributed by atoms with van der Waals surface area (Å²) in [5, 5.41) is 0. The molecule has 0 spiro atoms. The van der Waals surface area contributed by atoms with Crippen molar-refractivity contribution < 1.29 is 9.47 Å². The molecule has 0 saturated heterocycles. The van der Waals surface area contributed by atoms with Gasteiger partial charge in [-0.1, -0.05) is 30.3 Å². The van der Waals surface area contributed by atoms with E-state index in [0.717, 1.165) is 17.9 Å². The van der Waals surface area contributed by atoms with E-state index in [-0.39, 0.29) is 12.0 Å². The smallest absolute Gasteiger partial charge is 0.122 e. The summed E-state index contributed by atoms with van der Waals surface area (Å²) in [5.74, 6) is 2.03. The van der Waals surface area contributed by atoms with E-state index in [4.69, 9.17) is 15.2 Å². The summed E-state index contributed by atoms with van der Waals surface area (Å²) in [6.07, 6.45) is 1.06. The average molecular weight is 299 g/mol. The Kier molecular flexibility index (Phi) is 5.84. The van der Waals surface area contributed by atoms with Crippen molar-refractivity contribution in [3.05, 3.63) is 59.7 Å². The number of para-hydroxylation sites is 1. The first-order valence-electron chi connectivity index (χ1n) is 7.75. The number of rotatable bonds is 7. The predicted octanol–water partition coefficient (Wildman–Crippen LogP) is 3.96. The Hall–Kier alpha value is -2.00. The van der Waals surface area contributed by atoms with Crippen LogP contribution in [0.25, 0.3) is 0 Å². The van der Waals surface area contributed by atoms with Crippen LogP contribution >= 0.6 is 0 Å². The van der Waals surface area contributed by atoms with E-state index in [0.29, 0.717) is 6.54 Å². The van der Waals surface area contributed by atoms with Crippen molar-refractivity contribution in [2.45, 2.75) is 32.3 Å². The molecule has 0 bridgehead atoms. The Morgan fingerprint density at radius 3 is 2.27 bits per heavy atom. The molecule has 0 aliphatic rings. The van der Waals surface area contributed by atoms with E-state index in [2.05, 4.69) is 18.2 Å². The monoisotopic (exact) mass is 299 g/mol. The average Bonchev–Trinajstić information content (AvgIpc) is 2.53. The summed E-state index contributed by atoms with van der Waals surface area (Å²) in [7, 11) is 1.71. The molecule has 0 radical (unpaired) electrons. The molecule has 2 rings (SSSR count). The highest BCUT2D eigenvalue weighted by Gasteiger charge is 2.17. The van der Waals surface area contributed by atoms with E-state index >= 15 is 0 Å². The van der Waals surface area contributed by atoms with Crippen molar-refractivity contribution >= 4 is 0 Å². The quantitative estimate of drug-likeness (QED) is 0.841. The lowest BCUT2D eigenvalue weighted by atomic mass is 9.88. The molecule has 0 fully saturated rings. The normalized spacial score (nSPS) is 12.2. The van der Waals surface area contributed by atoms with Crippen LogP contribution in [0.2, 0.25) is 0 Å². The Bertz CT molecular complexity index is 578. The van der Waals surface area contributed by atoms with Crippen LogP contribution in [0.5, 0.6) is 11.5 Å². The zero-order valence-electron chi connectivity index (χ0n) is 13.6. The van der Waals surface area contributed by atoms with Crippen LogP contribution in [0.15, 0.2) is 48.5 Å². The zero-order valence-corrected chi connectivity index (χ0v) is 13.6. The molecule has 22 heavy (non-hydrogen) atoms. The van der Waals surface area contributed by atoms with E-state index in [1.807, 2.05) is 44.2 Å². The van der Waals surface area contributed by atoms with E-state index in [1.165, 1.54) is 11.1 Å². The summed E-state index contributed by atoms with van der Waals surface area (Å²) < 4.78 is 11.2. The summed E-state index contributed by atoms with van der Waals surface area (Å²) in [6.45, 7) is 4.69. The third-order valence-electron chi connectivity index (χ3n) is 3.62. The van der Waals surface area contributed by atoms with Crippen molar-refractivity contribution in [1.29, 1.82) is 0 Å². The molecule has 118 valence electrons. The van der Waals surface area contributed by atoms with Gasteiger partial charge in [0, 0.05) is 11.5 Å². The molecule has 0 heterocycles. The topological polar surface area (TPSA) is 44.5 Å². The van der Waals surface area contributed by atoms with Crippen molar-refractivity contribution in [2.75, 3.05) is 13.7 Å². The predicted molar refractivity (Wildman–Crippen MR) is 90.7 cm³/mol. The second kappa shape index (κ2) is 7.85. The molecule has 0 saturated carbocycles. The first-order chi connectivity index (χ1) is 10.7. The maximum Gasteiger partial charge on any atom is 0.122 e. The molecular formula is C19H25NO2. The van der Waals surface area contributed by atoms with E-state index < -0.39 is 0 Å². The van der Waals surface area contributed by atoms with Crippen molar-refractivity contribution in [3.8, 4) is 11.5 Å². The molecule has 1 unspecified atom stereocenters. The molecule has 0 amide bonds. The molecular weight excluding hydrogens is 274 g/mol. The van der Waals surface area contributed by atoms with Gasteiger partial charge in [-0.2, -0.15) is 0 Å². The highest BCUT2D eigenvalue weighted by Crippen LogP contribution is 2.34. The molecule has 2 aromatic rings. The van der Waals surface area contributed by atoms with Gasteiger partial charge in [-0.25, -0.2) is 0 Å². The lowest BCUT2D eigenvalue weighted by Crippen LogP contribution is -2.10. The third kappa shape index (κ3) is 4.01. The first kappa shape index (κ1) is 16.4. The van der Waals surface area contributed by atoms with Gasteiger partial charge >= 0.3 is 0 Å². The van der Waals surface area contributed by atoms with Crippen LogP contribution in [0.1, 0.15) is 37.3 Å². The second-order valence-electron chi connectivity index (χ2n) is 5.61. The molecule has 0 aliphatic heterocycles. The highest BCUT2D eigenvalue weighted by atomic mass is 16.5. The molecule has 2 aromatic carbocycles. The second-order valence-corrected chi connectivity index (χ2v) is 5.61. The van der Waals surface area contributed by atoms with Gasteiger partial charge in [0.25, 0.3) is 0 Å². The van der Waals surface area contributed by atoms with Gasteiger partial charge in [0.1, 0.15) is 11.5 Å². The van der Waals surface area contributed by atoms with Crippen LogP contribution < -0.4 is 15.2 Å². The van der Waals surface area contributed by atoms with Gasteiger partial charge in [-0.3, -0.25) is 0 Å².